The van der Waals surface area contributed by atoms with Crippen LogP contribution in [-0.2, 0) is 19.9 Å². The molecule has 2 aromatic heterocycles. The molecule has 0 aromatic carbocycles. The van der Waals surface area contributed by atoms with Crippen molar-refractivity contribution >= 4 is 11.3 Å². The zero-order chi connectivity index (χ0) is 10.7. The predicted molar refractivity (Wildman–Crippen MR) is 62.9 cm³/mol. The van der Waals surface area contributed by atoms with Gasteiger partial charge in [-0.15, -0.1) is 0 Å². The third kappa shape index (κ3) is 2.91. The lowest BCUT2D eigenvalue weighted by Gasteiger charge is -2.08. The van der Waals surface area contributed by atoms with E-state index >= 15 is 0 Å². The van der Waals surface area contributed by atoms with Gasteiger partial charge in [-0.1, -0.05) is 0 Å². The van der Waals surface area contributed by atoms with Crippen LogP contribution < -0.4 is 5.73 Å². The Hall–Kier alpha value is -1.13. The van der Waals surface area contributed by atoms with Crippen LogP contribution in [0.2, 0.25) is 0 Å². The van der Waals surface area contributed by atoms with Crippen LogP contribution in [0.15, 0.2) is 29.1 Å². The predicted octanol–water partition coefficient (Wildman–Crippen LogP) is 1.59. The minimum Gasteiger partial charge on any atom is -0.327 e. The molecule has 0 aliphatic carbocycles. The van der Waals surface area contributed by atoms with E-state index in [1.165, 1.54) is 5.56 Å². The summed E-state index contributed by atoms with van der Waals surface area (Å²) in [5.41, 5.74) is 8.45. The van der Waals surface area contributed by atoms with E-state index in [4.69, 9.17) is 5.73 Å². The molecule has 80 valence electrons. The van der Waals surface area contributed by atoms with E-state index in [2.05, 4.69) is 21.9 Å². The maximum absolute atomic E-state index is 6.06. The third-order valence-corrected chi connectivity index (χ3v) is 3.05. The molecule has 1 atom stereocenters. The highest BCUT2D eigenvalue weighted by Gasteiger charge is 2.07. The molecule has 0 fully saturated rings. The number of rotatable bonds is 4. The summed E-state index contributed by atoms with van der Waals surface area (Å²) < 4.78 is 1.81. The number of hydrogen-bond donors (Lipinski definition) is 1. The molecule has 0 aliphatic heterocycles. The molecule has 2 heterocycles. The Morgan fingerprint density at radius 1 is 1.47 bits per heavy atom. The van der Waals surface area contributed by atoms with Crippen molar-refractivity contribution < 1.29 is 0 Å². The fourth-order valence-electron chi connectivity index (χ4n) is 1.62. The molecular weight excluding hydrogens is 206 g/mol. The SMILES string of the molecule is Cn1ccc(CC(N)Cc2ccsc2)n1. The quantitative estimate of drug-likeness (QED) is 0.852. The van der Waals surface area contributed by atoms with E-state index in [0.29, 0.717) is 0 Å². The number of nitrogens with zero attached hydrogens (tertiary/aromatic N) is 2. The second-order valence-corrected chi connectivity index (χ2v) is 4.56. The molecule has 0 radical (unpaired) electrons. The van der Waals surface area contributed by atoms with Crippen molar-refractivity contribution in [2.75, 3.05) is 0 Å². The summed E-state index contributed by atoms with van der Waals surface area (Å²) in [4.78, 5) is 0. The average molecular weight is 221 g/mol. The summed E-state index contributed by atoms with van der Waals surface area (Å²) in [7, 11) is 1.92. The maximum atomic E-state index is 6.06. The Morgan fingerprint density at radius 3 is 2.93 bits per heavy atom. The number of aromatic nitrogens is 2. The lowest BCUT2D eigenvalue weighted by atomic mass is 10.1. The number of hydrogen-bond acceptors (Lipinski definition) is 3. The van der Waals surface area contributed by atoms with Crippen molar-refractivity contribution in [3.63, 3.8) is 0 Å². The maximum Gasteiger partial charge on any atom is 0.0640 e. The van der Waals surface area contributed by atoms with Crippen LogP contribution in [0.4, 0.5) is 0 Å². The minimum absolute atomic E-state index is 0.162. The fourth-order valence-corrected chi connectivity index (χ4v) is 2.31. The van der Waals surface area contributed by atoms with E-state index in [1.54, 1.807) is 11.3 Å². The first-order chi connectivity index (χ1) is 7.24. The molecule has 4 heteroatoms. The van der Waals surface area contributed by atoms with Gasteiger partial charge in [0.1, 0.15) is 0 Å². The third-order valence-electron chi connectivity index (χ3n) is 2.32. The minimum atomic E-state index is 0.162. The van der Waals surface area contributed by atoms with Gasteiger partial charge >= 0.3 is 0 Å². The molecule has 2 N–H and O–H groups in total. The summed E-state index contributed by atoms with van der Waals surface area (Å²) in [6.45, 7) is 0. The first kappa shape index (κ1) is 10.4. The van der Waals surface area contributed by atoms with Gasteiger partial charge in [0.2, 0.25) is 0 Å². The van der Waals surface area contributed by atoms with Crippen LogP contribution in [-0.4, -0.2) is 15.8 Å². The molecular formula is C11H15N3S. The fraction of sp³-hybridized carbons (Fsp3) is 0.364. The summed E-state index contributed by atoms with van der Waals surface area (Å²) in [5, 5.41) is 8.56. The normalized spacial score (nSPS) is 12.9. The number of nitrogens with two attached hydrogens (primary N) is 1. The van der Waals surface area contributed by atoms with Crippen LogP contribution in [0, 0.1) is 0 Å². The number of aryl methyl sites for hydroxylation is 1. The van der Waals surface area contributed by atoms with E-state index < -0.39 is 0 Å². The summed E-state index contributed by atoms with van der Waals surface area (Å²) in [6.07, 6.45) is 3.73. The Morgan fingerprint density at radius 2 is 2.33 bits per heavy atom. The second-order valence-electron chi connectivity index (χ2n) is 3.78. The molecule has 3 nitrogen and oxygen atoms in total. The van der Waals surface area contributed by atoms with Gasteiger partial charge in [0, 0.05) is 25.7 Å². The van der Waals surface area contributed by atoms with Crippen LogP contribution in [0.5, 0.6) is 0 Å². The van der Waals surface area contributed by atoms with Gasteiger partial charge in [-0.05, 0) is 34.9 Å². The number of thiophene rings is 1. The molecule has 0 aliphatic rings. The second kappa shape index (κ2) is 4.59. The van der Waals surface area contributed by atoms with E-state index in [9.17, 15) is 0 Å². The monoisotopic (exact) mass is 221 g/mol. The highest BCUT2D eigenvalue weighted by molar-refractivity contribution is 7.07. The Balaban J connectivity index is 1.90. The van der Waals surface area contributed by atoms with E-state index in [-0.39, 0.29) is 6.04 Å². The van der Waals surface area contributed by atoms with Gasteiger partial charge in [0.15, 0.2) is 0 Å². The zero-order valence-corrected chi connectivity index (χ0v) is 9.57. The van der Waals surface area contributed by atoms with Crippen LogP contribution in [0.1, 0.15) is 11.3 Å². The van der Waals surface area contributed by atoms with Crippen LogP contribution >= 0.6 is 11.3 Å². The molecule has 0 saturated carbocycles. The lowest BCUT2D eigenvalue weighted by molar-refractivity contribution is 0.639. The molecule has 2 aromatic rings. The molecule has 0 saturated heterocycles. The largest absolute Gasteiger partial charge is 0.327 e. The van der Waals surface area contributed by atoms with Gasteiger partial charge < -0.3 is 5.73 Å². The topological polar surface area (TPSA) is 43.8 Å². The van der Waals surface area contributed by atoms with E-state index in [1.807, 2.05) is 24.0 Å². The highest BCUT2D eigenvalue weighted by atomic mass is 32.1. The first-order valence-electron chi connectivity index (χ1n) is 4.99. The zero-order valence-electron chi connectivity index (χ0n) is 8.76. The van der Waals surface area contributed by atoms with Crippen molar-refractivity contribution in [1.29, 1.82) is 0 Å². The van der Waals surface area contributed by atoms with Gasteiger partial charge in [-0.2, -0.15) is 16.4 Å². The Bertz CT molecular complexity index is 405. The van der Waals surface area contributed by atoms with E-state index in [0.717, 1.165) is 18.5 Å². The standard InChI is InChI=1S/C11H15N3S/c1-14-4-2-11(13-14)7-10(12)6-9-3-5-15-8-9/h2-5,8,10H,6-7,12H2,1H3. The molecule has 0 bridgehead atoms. The summed E-state index contributed by atoms with van der Waals surface area (Å²) in [6, 6.07) is 4.31. The van der Waals surface area contributed by atoms with Gasteiger partial charge in [-0.3, -0.25) is 4.68 Å². The van der Waals surface area contributed by atoms with Gasteiger partial charge in [0.25, 0.3) is 0 Å². The molecule has 0 amide bonds. The summed E-state index contributed by atoms with van der Waals surface area (Å²) >= 11 is 1.72. The van der Waals surface area contributed by atoms with Crippen LogP contribution in [0.3, 0.4) is 0 Å². The lowest BCUT2D eigenvalue weighted by Crippen LogP contribution is -2.25. The molecule has 1 unspecified atom stereocenters. The van der Waals surface area contributed by atoms with Crippen LogP contribution in [0.25, 0.3) is 0 Å². The smallest absolute Gasteiger partial charge is 0.0640 e. The molecule has 2 rings (SSSR count). The van der Waals surface area contributed by atoms with Gasteiger partial charge in [0.05, 0.1) is 5.69 Å². The molecule has 15 heavy (non-hydrogen) atoms. The molecule has 0 spiro atoms. The van der Waals surface area contributed by atoms with Crippen molar-refractivity contribution in [1.82, 2.24) is 9.78 Å². The van der Waals surface area contributed by atoms with Crippen molar-refractivity contribution in [3.05, 3.63) is 40.3 Å². The van der Waals surface area contributed by atoms with Gasteiger partial charge in [-0.25, -0.2) is 0 Å². The highest BCUT2D eigenvalue weighted by Crippen LogP contribution is 2.09. The Labute approximate surface area is 93.5 Å². The van der Waals surface area contributed by atoms with Crippen molar-refractivity contribution in [3.8, 4) is 0 Å². The first-order valence-corrected chi connectivity index (χ1v) is 5.93. The summed E-state index contributed by atoms with van der Waals surface area (Å²) in [5.74, 6) is 0. The van der Waals surface area contributed by atoms with Crippen molar-refractivity contribution in [2.24, 2.45) is 12.8 Å². The Kier molecular flexibility index (Phi) is 3.18. The van der Waals surface area contributed by atoms with Crippen molar-refractivity contribution in [2.45, 2.75) is 18.9 Å². The average Bonchev–Trinajstić information content (AvgIpc) is 2.77.